The fourth-order valence-corrected chi connectivity index (χ4v) is 2.98. The average Bonchev–Trinajstić information content (AvgIpc) is 3.23. The highest BCUT2D eigenvalue weighted by molar-refractivity contribution is 5.85. The monoisotopic (exact) mass is 387 g/mol. The van der Waals surface area contributed by atoms with E-state index in [9.17, 15) is 4.79 Å². The van der Waals surface area contributed by atoms with E-state index < -0.39 is 0 Å². The zero-order valence-electron chi connectivity index (χ0n) is 13.8. The third kappa shape index (κ3) is 5.66. The highest BCUT2D eigenvalue weighted by Crippen LogP contribution is 2.24. The van der Waals surface area contributed by atoms with Crippen LogP contribution in [0.25, 0.3) is 11.4 Å². The first kappa shape index (κ1) is 21.3. The van der Waals surface area contributed by atoms with E-state index in [2.05, 4.69) is 20.4 Å². The van der Waals surface area contributed by atoms with Gasteiger partial charge in [-0.25, -0.2) is 0 Å². The van der Waals surface area contributed by atoms with Gasteiger partial charge in [-0.2, -0.15) is 4.98 Å². The Labute approximate surface area is 159 Å². The minimum atomic E-state index is 0. The number of amides is 1. The number of nitrogens with zero attached hydrogens (tertiary/aromatic N) is 3. The fourth-order valence-electron chi connectivity index (χ4n) is 2.98. The number of hydrogen-bond acceptors (Lipinski definition) is 6. The van der Waals surface area contributed by atoms with E-state index >= 15 is 0 Å². The molecule has 138 valence electrons. The molecular weight excluding hydrogens is 365 g/mol. The molecule has 25 heavy (non-hydrogen) atoms. The van der Waals surface area contributed by atoms with Crippen molar-refractivity contribution >= 4 is 30.7 Å². The van der Waals surface area contributed by atoms with Crippen LogP contribution in [0.3, 0.4) is 0 Å². The molecule has 1 saturated carbocycles. The van der Waals surface area contributed by atoms with Crippen molar-refractivity contribution in [2.24, 2.45) is 11.7 Å². The molecule has 2 aromatic rings. The van der Waals surface area contributed by atoms with E-state index in [0.29, 0.717) is 37.0 Å². The topological polar surface area (TPSA) is 107 Å². The summed E-state index contributed by atoms with van der Waals surface area (Å²) in [5.74, 6) is 1.40. The maximum Gasteiger partial charge on any atom is 0.227 e. The van der Waals surface area contributed by atoms with Gasteiger partial charge in [-0.3, -0.25) is 9.78 Å². The van der Waals surface area contributed by atoms with E-state index in [4.69, 9.17) is 10.3 Å². The van der Waals surface area contributed by atoms with Crippen molar-refractivity contribution in [2.75, 3.05) is 6.54 Å². The zero-order valence-corrected chi connectivity index (χ0v) is 15.4. The van der Waals surface area contributed by atoms with Gasteiger partial charge in [-0.1, -0.05) is 11.6 Å². The van der Waals surface area contributed by atoms with E-state index in [1.165, 1.54) is 0 Å². The van der Waals surface area contributed by atoms with Crippen molar-refractivity contribution < 1.29 is 9.32 Å². The third-order valence-electron chi connectivity index (χ3n) is 4.28. The van der Waals surface area contributed by atoms with Crippen molar-refractivity contribution in [2.45, 2.75) is 38.1 Å². The molecule has 2 heterocycles. The van der Waals surface area contributed by atoms with Gasteiger partial charge >= 0.3 is 0 Å². The molecule has 0 spiro atoms. The van der Waals surface area contributed by atoms with E-state index in [0.717, 1.165) is 24.8 Å². The number of hydrogen-bond donors (Lipinski definition) is 2. The van der Waals surface area contributed by atoms with Gasteiger partial charge in [0.1, 0.15) is 0 Å². The molecule has 1 aliphatic carbocycles. The fraction of sp³-hybridized carbons (Fsp3) is 0.500. The van der Waals surface area contributed by atoms with Crippen LogP contribution in [0.2, 0.25) is 0 Å². The van der Waals surface area contributed by atoms with E-state index in [1.54, 1.807) is 12.4 Å². The van der Waals surface area contributed by atoms with Crippen LogP contribution < -0.4 is 11.1 Å². The number of nitrogens with two attached hydrogens (primary N) is 1. The molecule has 1 aliphatic rings. The zero-order chi connectivity index (χ0) is 16.1. The number of carbonyl (C=O) groups is 1. The second-order valence-corrected chi connectivity index (χ2v) is 5.85. The summed E-state index contributed by atoms with van der Waals surface area (Å²) in [6.07, 6.45) is 7.37. The Morgan fingerprint density at radius 1 is 1.28 bits per heavy atom. The number of aromatic nitrogens is 3. The number of pyridine rings is 1. The Kier molecular flexibility index (Phi) is 8.82. The number of aryl methyl sites for hydroxylation is 1. The summed E-state index contributed by atoms with van der Waals surface area (Å²) in [6.45, 7) is 0.629. The minimum Gasteiger partial charge on any atom is -0.353 e. The molecule has 0 aliphatic heterocycles. The first-order valence-electron chi connectivity index (χ1n) is 7.98. The van der Waals surface area contributed by atoms with Crippen LogP contribution in [0, 0.1) is 5.92 Å². The van der Waals surface area contributed by atoms with Crippen LogP contribution in [0.15, 0.2) is 29.0 Å². The SMILES string of the molecule is Cl.Cl.NCC1CCCC1NC(=O)CCc1nc(-c2ccncc2)no1. The smallest absolute Gasteiger partial charge is 0.227 e. The lowest BCUT2D eigenvalue weighted by molar-refractivity contribution is -0.122. The van der Waals surface area contributed by atoms with Gasteiger partial charge in [0, 0.05) is 36.8 Å². The second kappa shape index (κ2) is 10.3. The van der Waals surface area contributed by atoms with Gasteiger partial charge in [0.15, 0.2) is 0 Å². The highest BCUT2D eigenvalue weighted by atomic mass is 35.5. The van der Waals surface area contributed by atoms with Gasteiger partial charge in [-0.15, -0.1) is 24.8 Å². The van der Waals surface area contributed by atoms with Crippen molar-refractivity contribution in [3.63, 3.8) is 0 Å². The summed E-state index contributed by atoms with van der Waals surface area (Å²) in [5, 5.41) is 7.00. The average molecular weight is 388 g/mol. The van der Waals surface area contributed by atoms with Crippen molar-refractivity contribution in [1.82, 2.24) is 20.4 Å². The lowest BCUT2D eigenvalue weighted by Gasteiger charge is -2.19. The van der Waals surface area contributed by atoms with Crippen LogP contribution in [-0.2, 0) is 11.2 Å². The summed E-state index contributed by atoms with van der Waals surface area (Å²) in [7, 11) is 0. The van der Waals surface area contributed by atoms with Gasteiger partial charge in [0.25, 0.3) is 0 Å². The van der Waals surface area contributed by atoms with Crippen molar-refractivity contribution in [3.8, 4) is 11.4 Å². The lowest BCUT2D eigenvalue weighted by atomic mass is 10.0. The largest absolute Gasteiger partial charge is 0.353 e. The maximum atomic E-state index is 12.1. The second-order valence-electron chi connectivity index (χ2n) is 5.85. The molecule has 7 nitrogen and oxygen atoms in total. The quantitative estimate of drug-likeness (QED) is 0.785. The van der Waals surface area contributed by atoms with E-state index in [1.807, 2.05) is 12.1 Å². The van der Waals surface area contributed by atoms with Gasteiger partial charge in [-0.05, 0) is 37.4 Å². The summed E-state index contributed by atoms with van der Waals surface area (Å²) in [6, 6.07) is 3.84. The summed E-state index contributed by atoms with van der Waals surface area (Å²) in [4.78, 5) is 20.3. The Hall–Kier alpha value is -1.70. The van der Waals surface area contributed by atoms with Gasteiger partial charge in [0.2, 0.25) is 17.6 Å². The molecule has 0 aromatic carbocycles. The molecule has 1 amide bonds. The van der Waals surface area contributed by atoms with Crippen LogP contribution >= 0.6 is 24.8 Å². The maximum absolute atomic E-state index is 12.1. The van der Waals surface area contributed by atoms with Crippen LogP contribution in [0.1, 0.15) is 31.6 Å². The first-order chi connectivity index (χ1) is 11.3. The molecule has 0 bridgehead atoms. The predicted octanol–water partition coefficient (Wildman–Crippen LogP) is 2.15. The summed E-state index contributed by atoms with van der Waals surface area (Å²) >= 11 is 0. The molecule has 0 radical (unpaired) electrons. The highest BCUT2D eigenvalue weighted by Gasteiger charge is 2.27. The predicted molar refractivity (Wildman–Crippen MR) is 98.7 cm³/mol. The molecule has 3 N–H and O–H groups in total. The van der Waals surface area contributed by atoms with Crippen LogP contribution in [0.4, 0.5) is 0 Å². The number of carbonyl (C=O) groups excluding carboxylic acids is 1. The molecule has 9 heteroatoms. The van der Waals surface area contributed by atoms with Gasteiger partial charge < -0.3 is 15.6 Å². The molecule has 1 fully saturated rings. The van der Waals surface area contributed by atoms with Gasteiger partial charge in [0.05, 0.1) is 0 Å². The third-order valence-corrected chi connectivity index (χ3v) is 4.28. The first-order valence-corrected chi connectivity index (χ1v) is 7.98. The van der Waals surface area contributed by atoms with Crippen LogP contribution in [-0.4, -0.2) is 33.6 Å². The normalized spacial score (nSPS) is 18.9. The lowest BCUT2D eigenvalue weighted by Crippen LogP contribution is -2.39. The Morgan fingerprint density at radius 3 is 2.76 bits per heavy atom. The molecular formula is C16H23Cl2N5O2. The molecule has 0 saturated heterocycles. The molecule has 2 atom stereocenters. The van der Waals surface area contributed by atoms with Crippen LogP contribution in [0.5, 0.6) is 0 Å². The molecule has 3 rings (SSSR count). The Morgan fingerprint density at radius 2 is 2.04 bits per heavy atom. The standard InChI is InChI=1S/C16H21N5O2.2ClH/c17-10-12-2-1-3-13(12)19-14(22)4-5-15-20-16(21-23-15)11-6-8-18-9-7-11;;/h6-9,12-13H,1-5,10,17H2,(H,19,22);2*1H. The van der Waals surface area contributed by atoms with Crippen molar-refractivity contribution in [3.05, 3.63) is 30.4 Å². The van der Waals surface area contributed by atoms with Crippen molar-refractivity contribution in [1.29, 1.82) is 0 Å². The number of rotatable bonds is 6. The number of halogens is 2. The summed E-state index contributed by atoms with van der Waals surface area (Å²) in [5.41, 5.74) is 6.58. The Bertz CT molecular complexity index is 653. The number of nitrogens with one attached hydrogen (secondary N) is 1. The Balaban J connectivity index is 0.00000156. The van der Waals surface area contributed by atoms with E-state index in [-0.39, 0.29) is 36.8 Å². The minimum absolute atomic E-state index is 0. The summed E-state index contributed by atoms with van der Waals surface area (Å²) < 4.78 is 5.20. The molecule has 2 aromatic heterocycles. The molecule has 2 unspecified atom stereocenters.